The lowest BCUT2D eigenvalue weighted by Crippen LogP contribution is -2.72. The van der Waals surface area contributed by atoms with Crippen LogP contribution >= 0.6 is 0 Å². The highest BCUT2D eigenvalue weighted by Crippen LogP contribution is 2.55. The molecule has 0 amide bonds. The van der Waals surface area contributed by atoms with Crippen molar-refractivity contribution in [3.63, 3.8) is 0 Å². The predicted molar refractivity (Wildman–Crippen MR) is 94.5 cm³/mol. The number of piperidine rings is 4. The van der Waals surface area contributed by atoms with Gasteiger partial charge in [-0.1, -0.05) is 12.8 Å². The summed E-state index contributed by atoms with van der Waals surface area (Å²) in [7, 11) is 0. The van der Waals surface area contributed by atoms with E-state index in [1.807, 2.05) is 0 Å². The second-order valence-electron chi connectivity index (χ2n) is 9.30. The molecule has 5 rings (SSSR count). The van der Waals surface area contributed by atoms with Crippen molar-refractivity contribution in [1.82, 2.24) is 15.5 Å². The average molecular weight is 318 g/mol. The molecule has 3 nitrogen and oxygen atoms in total. The van der Waals surface area contributed by atoms with Crippen molar-refractivity contribution in [2.45, 2.75) is 82.3 Å². The van der Waals surface area contributed by atoms with Gasteiger partial charge in [0, 0.05) is 30.1 Å². The van der Waals surface area contributed by atoms with Crippen LogP contribution in [0.1, 0.15) is 64.2 Å². The molecule has 0 spiro atoms. The molecule has 1 saturated carbocycles. The first kappa shape index (κ1) is 15.2. The Kier molecular flexibility index (Phi) is 3.95. The van der Waals surface area contributed by atoms with Crippen LogP contribution in [0.5, 0.6) is 0 Å². The average Bonchev–Trinajstić information content (AvgIpc) is 2.63. The fourth-order valence-electron chi connectivity index (χ4n) is 7.36. The molecular formula is C20H35N3. The lowest BCUT2D eigenvalue weighted by Gasteiger charge is -2.64. The van der Waals surface area contributed by atoms with Gasteiger partial charge < -0.3 is 10.6 Å². The van der Waals surface area contributed by atoms with Gasteiger partial charge >= 0.3 is 0 Å². The van der Waals surface area contributed by atoms with E-state index in [1.54, 1.807) is 0 Å². The molecule has 1 aliphatic carbocycles. The highest BCUT2D eigenvalue weighted by Gasteiger charge is 2.58. The van der Waals surface area contributed by atoms with Crippen molar-refractivity contribution >= 4 is 0 Å². The monoisotopic (exact) mass is 317 g/mol. The van der Waals surface area contributed by atoms with Crippen molar-refractivity contribution in [3.05, 3.63) is 0 Å². The van der Waals surface area contributed by atoms with E-state index in [1.165, 1.54) is 90.4 Å². The van der Waals surface area contributed by atoms with Crippen molar-refractivity contribution in [2.24, 2.45) is 17.3 Å². The van der Waals surface area contributed by atoms with Crippen molar-refractivity contribution in [2.75, 3.05) is 26.2 Å². The van der Waals surface area contributed by atoms with E-state index < -0.39 is 0 Å². The van der Waals surface area contributed by atoms with E-state index in [2.05, 4.69) is 15.5 Å². The summed E-state index contributed by atoms with van der Waals surface area (Å²) in [4.78, 5) is 2.94. The normalized spacial score (nSPS) is 50.9. The third kappa shape index (κ3) is 2.41. The van der Waals surface area contributed by atoms with Crippen LogP contribution in [0.2, 0.25) is 0 Å². The second kappa shape index (κ2) is 6.00. The van der Waals surface area contributed by atoms with E-state index in [9.17, 15) is 0 Å². The summed E-state index contributed by atoms with van der Waals surface area (Å²) in [5.41, 5.74) is 0.530. The summed E-state index contributed by atoms with van der Waals surface area (Å²) in [5, 5.41) is 8.04. The van der Waals surface area contributed by atoms with E-state index in [0.717, 1.165) is 30.0 Å². The quantitative estimate of drug-likeness (QED) is 0.779. The molecule has 4 aliphatic heterocycles. The first-order valence-electron chi connectivity index (χ1n) is 10.6. The van der Waals surface area contributed by atoms with E-state index in [4.69, 9.17) is 0 Å². The number of fused-ring (bicyclic) bond motifs is 6. The molecule has 5 aliphatic rings. The van der Waals surface area contributed by atoms with Crippen LogP contribution in [-0.2, 0) is 0 Å². The Morgan fingerprint density at radius 2 is 1.74 bits per heavy atom. The summed E-state index contributed by atoms with van der Waals surface area (Å²) in [6.45, 7) is 5.30. The molecular weight excluding hydrogens is 282 g/mol. The maximum atomic E-state index is 4.04. The minimum atomic E-state index is 0.530. The third-order valence-electron chi connectivity index (χ3n) is 8.16. The number of rotatable bonds is 1. The standard InChI is InChI=1S/C20H35N3/c1-3-9-21-18(8-1)20-13-16(12-15-6-5-10-22-19(15)20)17-7-2-4-11-23(17)14-20/h15-19,21-22H,1-14H2/t15-,16+,17+,18?,19+,20+/m0/s1. The molecule has 0 aromatic carbocycles. The van der Waals surface area contributed by atoms with E-state index in [0.29, 0.717) is 5.41 Å². The molecule has 0 aromatic rings. The number of hydrogen-bond acceptors (Lipinski definition) is 3. The molecule has 2 bridgehead atoms. The molecule has 2 N–H and O–H groups in total. The fourth-order valence-corrected chi connectivity index (χ4v) is 7.36. The minimum absolute atomic E-state index is 0.530. The smallest absolute Gasteiger partial charge is 0.0179 e. The Hall–Kier alpha value is -0.120. The van der Waals surface area contributed by atoms with Gasteiger partial charge in [-0.2, -0.15) is 0 Å². The fraction of sp³-hybridized carbons (Fsp3) is 1.00. The van der Waals surface area contributed by atoms with Crippen LogP contribution in [0.25, 0.3) is 0 Å². The largest absolute Gasteiger partial charge is 0.313 e. The second-order valence-corrected chi connectivity index (χ2v) is 9.30. The van der Waals surface area contributed by atoms with Gasteiger partial charge in [-0.3, -0.25) is 4.90 Å². The SMILES string of the molecule is C1CCC([C@]23C[C@@H](C[C@@H]4CCCN[C@H]42)[C@H]2CCCCN2C3)NC1. The highest BCUT2D eigenvalue weighted by molar-refractivity contribution is 5.14. The van der Waals surface area contributed by atoms with Crippen molar-refractivity contribution < 1.29 is 0 Å². The van der Waals surface area contributed by atoms with Crippen LogP contribution < -0.4 is 10.6 Å². The van der Waals surface area contributed by atoms with E-state index >= 15 is 0 Å². The molecule has 4 heterocycles. The van der Waals surface area contributed by atoms with Gasteiger partial charge in [0.2, 0.25) is 0 Å². The Labute approximate surface area is 142 Å². The molecule has 4 saturated heterocycles. The summed E-state index contributed by atoms with van der Waals surface area (Å²) < 4.78 is 0. The summed E-state index contributed by atoms with van der Waals surface area (Å²) in [6.07, 6.45) is 14.6. The molecule has 3 heteroatoms. The van der Waals surface area contributed by atoms with Gasteiger partial charge in [-0.25, -0.2) is 0 Å². The van der Waals surface area contributed by atoms with Gasteiger partial charge in [0.15, 0.2) is 0 Å². The third-order valence-corrected chi connectivity index (χ3v) is 8.16. The first-order chi connectivity index (χ1) is 11.4. The Morgan fingerprint density at radius 3 is 2.65 bits per heavy atom. The van der Waals surface area contributed by atoms with Crippen molar-refractivity contribution in [1.29, 1.82) is 0 Å². The molecule has 5 fully saturated rings. The van der Waals surface area contributed by atoms with Crippen LogP contribution in [0.15, 0.2) is 0 Å². The Balaban J connectivity index is 1.50. The van der Waals surface area contributed by atoms with Crippen LogP contribution in [0.4, 0.5) is 0 Å². The zero-order valence-corrected chi connectivity index (χ0v) is 14.7. The molecule has 0 radical (unpaired) electrons. The molecule has 0 aromatic heterocycles. The predicted octanol–water partition coefficient (Wildman–Crippen LogP) is 2.76. The first-order valence-corrected chi connectivity index (χ1v) is 10.6. The lowest BCUT2D eigenvalue weighted by molar-refractivity contribution is -0.117. The number of nitrogens with one attached hydrogen (secondary N) is 2. The van der Waals surface area contributed by atoms with Crippen LogP contribution in [0.3, 0.4) is 0 Å². The minimum Gasteiger partial charge on any atom is -0.313 e. The van der Waals surface area contributed by atoms with Gasteiger partial charge in [-0.15, -0.1) is 0 Å². The Bertz CT molecular complexity index is 431. The van der Waals surface area contributed by atoms with E-state index in [-0.39, 0.29) is 0 Å². The van der Waals surface area contributed by atoms with Gasteiger partial charge in [-0.05, 0) is 82.8 Å². The lowest BCUT2D eigenvalue weighted by atomic mass is 9.52. The summed E-state index contributed by atoms with van der Waals surface area (Å²) >= 11 is 0. The molecule has 130 valence electrons. The van der Waals surface area contributed by atoms with Gasteiger partial charge in [0.05, 0.1) is 0 Å². The summed E-state index contributed by atoms with van der Waals surface area (Å²) in [5.74, 6) is 1.96. The highest BCUT2D eigenvalue weighted by atomic mass is 15.2. The van der Waals surface area contributed by atoms with Gasteiger partial charge in [0.25, 0.3) is 0 Å². The zero-order valence-electron chi connectivity index (χ0n) is 14.7. The summed E-state index contributed by atoms with van der Waals surface area (Å²) in [6, 6.07) is 2.51. The Morgan fingerprint density at radius 1 is 0.826 bits per heavy atom. The molecule has 23 heavy (non-hydrogen) atoms. The topological polar surface area (TPSA) is 27.3 Å². The maximum Gasteiger partial charge on any atom is 0.0179 e. The number of nitrogens with zero attached hydrogens (tertiary/aromatic N) is 1. The van der Waals surface area contributed by atoms with Crippen LogP contribution in [-0.4, -0.2) is 49.2 Å². The number of hydrogen-bond donors (Lipinski definition) is 2. The molecule has 1 unspecified atom stereocenters. The zero-order chi connectivity index (χ0) is 15.3. The van der Waals surface area contributed by atoms with Gasteiger partial charge in [0.1, 0.15) is 0 Å². The van der Waals surface area contributed by atoms with Crippen LogP contribution in [0, 0.1) is 17.3 Å². The van der Waals surface area contributed by atoms with Crippen molar-refractivity contribution in [3.8, 4) is 0 Å². The maximum absolute atomic E-state index is 4.04. The molecule has 6 atom stereocenters.